The zero-order valence-electron chi connectivity index (χ0n) is 17.4. The molecule has 0 bridgehead atoms. The summed E-state index contributed by atoms with van der Waals surface area (Å²) in [7, 11) is 0. The maximum atomic E-state index is 10.7. The van der Waals surface area contributed by atoms with Crippen molar-refractivity contribution < 1.29 is 19.4 Å². The van der Waals surface area contributed by atoms with E-state index in [1.54, 1.807) is 23.5 Å². The van der Waals surface area contributed by atoms with Crippen LogP contribution in [0.2, 0.25) is 0 Å². The van der Waals surface area contributed by atoms with Gasteiger partial charge in [-0.3, -0.25) is 0 Å². The largest absolute Gasteiger partial charge is 0.489 e. The van der Waals surface area contributed by atoms with E-state index in [0.717, 1.165) is 21.2 Å². The monoisotopic (exact) mass is 508 g/mol. The number of carboxylic acids is 1. The van der Waals surface area contributed by atoms with Crippen molar-refractivity contribution >= 4 is 48.9 Å². The van der Waals surface area contributed by atoms with Gasteiger partial charge in [0.05, 0.1) is 0 Å². The van der Waals surface area contributed by atoms with Crippen LogP contribution >= 0.6 is 27.3 Å². The van der Waals surface area contributed by atoms with E-state index in [1.165, 1.54) is 15.0 Å². The van der Waals surface area contributed by atoms with Gasteiger partial charge in [0, 0.05) is 14.0 Å². The second kappa shape index (κ2) is 10.0. The first-order chi connectivity index (χ1) is 15.5. The molecule has 3 aromatic carbocycles. The molecule has 32 heavy (non-hydrogen) atoms. The zero-order valence-corrected chi connectivity index (χ0v) is 19.8. The first kappa shape index (κ1) is 22.1. The van der Waals surface area contributed by atoms with Gasteiger partial charge in [-0.2, -0.15) is 0 Å². The molecule has 0 saturated carbocycles. The van der Waals surface area contributed by atoms with Crippen molar-refractivity contribution in [2.24, 2.45) is 0 Å². The fourth-order valence-electron chi connectivity index (χ4n) is 3.34. The van der Waals surface area contributed by atoms with E-state index in [2.05, 4.69) is 64.5 Å². The predicted octanol–water partition coefficient (Wildman–Crippen LogP) is 6.95. The Morgan fingerprint density at radius 2 is 1.81 bits per heavy atom. The van der Waals surface area contributed by atoms with Crippen LogP contribution in [0.25, 0.3) is 15.7 Å². The molecule has 1 N–H and O–H groups in total. The lowest BCUT2D eigenvalue weighted by Crippen LogP contribution is -2.10. The van der Waals surface area contributed by atoms with Crippen LogP contribution in [0.1, 0.15) is 16.0 Å². The van der Waals surface area contributed by atoms with Crippen molar-refractivity contribution in [3.63, 3.8) is 0 Å². The molecule has 4 aromatic rings. The minimum absolute atomic E-state index is 0.366. The van der Waals surface area contributed by atoms with Crippen molar-refractivity contribution in [1.82, 2.24) is 0 Å². The van der Waals surface area contributed by atoms with Crippen LogP contribution in [-0.2, 0) is 4.79 Å². The number of carbonyl (C=O) groups is 1. The average Bonchev–Trinajstić information content (AvgIpc) is 3.21. The summed E-state index contributed by atoms with van der Waals surface area (Å²) in [5, 5.41) is 10.0. The molecule has 1 aromatic heterocycles. The normalized spacial score (nSPS) is 11.5. The summed E-state index contributed by atoms with van der Waals surface area (Å²) in [4.78, 5) is 11.9. The molecule has 1 heterocycles. The predicted molar refractivity (Wildman–Crippen MR) is 133 cm³/mol. The minimum Gasteiger partial charge on any atom is -0.489 e. The summed E-state index contributed by atoms with van der Waals surface area (Å²) in [5.74, 6) is 0.237. The number of rotatable bonds is 8. The Hall–Kier alpha value is -3.09. The van der Waals surface area contributed by atoms with E-state index in [4.69, 9.17) is 14.6 Å². The molecular formula is C26H21BrO4S. The molecule has 0 spiro atoms. The molecule has 0 aliphatic heterocycles. The zero-order chi connectivity index (χ0) is 22.5. The highest BCUT2D eigenvalue weighted by Gasteiger charge is 2.10. The number of ether oxygens (including phenoxy) is 2. The van der Waals surface area contributed by atoms with E-state index >= 15 is 0 Å². The van der Waals surface area contributed by atoms with Crippen LogP contribution in [0, 0.1) is 6.92 Å². The van der Waals surface area contributed by atoms with Crippen molar-refractivity contribution in [3.8, 4) is 11.5 Å². The molecule has 4 nitrogen and oxygen atoms in total. The van der Waals surface area contributed by atoms with Gasteiger partial charge in [-0.15, -0.1) is 11.3 Å². The molecule has 0 fully saturated rings. The van der Waals surface area contributed by atoms with Crippen molar-refractivity contribution in [2.45, 2.75) is 6.92 Å². The molecule has 0 atom stereocenters. The maximum absolute atomic E-state index is 10.7. The lowest BCUT2D eigenvalue weighted by Gasteiger charge is -2.11. The Labute approximate surface area is 198 Å². The molecule has 0 unspecified atom stereocenters. The van der Waals surface area contributed by atoms with Crippen LogP contribution in [-0.4, -0.2) is 24.3 Å². The number of benzene rings is 3. The average molecular weight is 509 g/mol. The highest BCUT2D eigenvalue weighted by Crippen LogP contribution is 2.34. The van der Waals surface area contributed by atoms with Crippen molar-refractivity contribution in [1.29, 1.82) is 0 Å². The van der Waals surface area contributed by atoms with Gasteiger partial charge in [0.2, 0.25) is 0 Å². The number of aryl methyl sites for hydroxylation is 1. The molecule has 0 saturated heterocycles. The van der Waals surface area contributed by atoms with Gasteiger partial charge in [0.15, 0.2) is 6.61 Å². The Kier molecular flexibility index (Phi) is 6.93. The van der Waals surface area contributed by atoms with E-state index in [-0.39, 0.29) is 6.61 Å². The Balaban J connectivity index is 1.56. The first-order valence-corrected chi connectivity index (χ1v) is 11.6. The van der Waals surface area contributed by atoms with Crippen LogP contribution in [0.4, 0.5) is 0 Å². The number of hydrogen-bond acceptors (Lipinski definition) is 4. The smallest absolute Gasteiger partial charge is 0.341 e. The van der Waals surface area contributed by atoms with E-state index in [0.29, 0.717) is 18.1 Å². The SMILES string of the molecule is Cc1cc(OCC=C(c2ccc(Br)cc2)c2cc3ccccc3s2)ccc1OCC(=O)O. The fourth-order valence-corrected chi connectivity index (χ4v) is 4.73. The summed E-state index contributed by atoms with van der Waals surface area (Å²) < 4.78 is 13.6. The second-order valence-corrected chi connectivity index (χ2v) is 9.19. The number of fused-ring (bicyclic) bond motifs is 1. The van der Waals surface area contributed by atoms with Crippen molar-refractivity contribution in [3.05, 3.63) is 99.3 Å². The number of carboxylic acid groups (broad SMARTS) is 1. The molecule has 162 valence electrons. The van der Waals surface area contributed by atoms with Gasteiger partial charge >= 0.3 is 5.97 Å². The minimum atomic E-state index is -1.00. The van der Waals surface area contributed by atoms with Crippen LogP contribution in [0.3, 0.4) is 0 Å². The Morgan fingerprint density at radius 1 is 1.03 bits per heavy atom. The molecule has 4 rings (SSSR count). The highest BCUT2D eigenvalue weighted by molar-refractivity contribution is 9.10. The summed E-state index contributed by atoms with van der Waals surface area (Å²) in [6.45, 7) is 1.90. The maximum Gasteiger partial charge on any atom is 0.341 e. The highest BCUT2D eigenvalue weighted by atomic mass is 79.9. The lowest BCUT2D eigenvalue weighted by molar-refractivity contribution is -0.139. The molecule has 0 aliphatic rings. The van der Waals surface area contributed by atoms with Gasteiger partial charge in [-0.1, -0.05) is 46.3 Å². The lowest BCUT2D eigenvalue weighted by atomic mass is 10.0. The number of thiophene rings is 1. The third-order valence-corrected chi connectivity index (χ3v) is 6.56. The van der Waals surface area contributed by atoms with Gasteiger partial charge in [0.25, 0.3) is 0 Å². The number of halogens is 1. The van der Waals surface area contributed by atoms with Gasteiger partial charge in [0.1, 0.15) is 18.1 Å². The summed E-state index contributed by atoms with van der Waals surface area (Å²) >= 11 is 5.27. The Morgan fingerprint density at radius 3 is 2.53 bits per heavy atom. The first-order valence-electron chi connectivity index (χ1n) is 10.0. The third kappa shape index (κ3) is 5.39. The molecule has 0 radical (unpaired) electrons. The third-order valence-electron chi connectivity index (χ3n) is 4.88. The number of hydrogen-bond donors (Lipinski definition) is 1. The van der Waals surface area contributed by atoms with Crippen molar-refractivity contribution in [2.75, 3.05) is 13.2 Å². The standard InChI is InChI=1S/C26H21BrO4S/c1-17-14-21(10-11-23(17)31-16-26(28)29)30-13-12-22(18-6-8-20(27)9-7-18)25-15-19-4-2-3-5-24(19)32-25/h2-12,14-15H,13,16H2,1H3,(H,28,29). The second-order valence-electron chi connectivity index (χ2n) is 7.19. The topological polar surface area (TPSA) is 55.8 Å². The fraction of sp³-hybridized carbons (Fsp3) is 0.115. The molecule has 0 amide bonds. The number of aliphatic carboxylic acids is 1. The molecule has 6 heteroatoms. The summed E-state index contributed by atoms with van der Waals surface area (Å²) in [5.41, 5.74) is 3.07. The van der Waals surface area contributed by atoms with E-state index in [1.807, 2.05) is 25.1 Å². The van der Waals surface area contributed by atoms with Gasteiger partial charge in [-0.25, -0.2) is 4.79 Å². The van der Waals surface area contributed by atoms with E-state index in [9.17, 15) is 4.79 Å². The van der Waals surface area contributed by atoms with Gasteiger partial charge in [-0.05, 0) is 77.6 Å². The summed E-state index contributed by atoms with van der Waals surface area (Å²) in [6.07, 6.45) is 2.10. The molecular weight excluding hydrogens is 488 g/mol. The summed E-state index contributed by atoms with van der Waals surface area (Å²) in [6, 6.07) is 24.2. The van der Waals surface area contributed by atoms with Crippen LogP contribution < -0.4 is 9.47 Å². The quantitative estimate of drug-likeness (QED) is 0.279. The van der Waals surface area contributed by atoms with E-state index < -0.39 is 5.97 Å². The van der Waals surface area contributed by atoms with Crippen LogP contribution in [0.15, 0.2) is 83.3 Å². The van der Waals surface area contributed by atoms with Gasteiger partial charge < -0.3 is 14.6 Å². The Bertz CT molecular complexity index is 1240. The molecule has 0 aliphatic carbocycles. The van der Waals surface area contributed by atoms with Crippen LogP contribution in [0.5, 0.6) is 11.5 Å².